The molecule has 0 aliphatic rings. The van der Waals surface area contributed by atoms with Gasteiger partial charge in [0.1, 0.15) is 5.52 Å². The molecule has 3 nitrogen and oxygen atoms in total. The fourth-order valence-electron chi connectivity index (χ4n) is 0.988. The molecule has 0 fully saturated rings. The van der Waals surface area contributed by atoms with E-state index in [2.05, 4.69) is 17.6 Å². The van der Waals surface area contributed by atoms with Crippen LogP contribution in [0.5, 0.6) is 0 Å². The minimum absolute atomic E-state index is 0.270. The van der Waals surface area contributed by atoms with Gasteiger partial charge in [-0.05, 0) is 18.2 Å². The van der Waals surface area contributed by atoms with Crippen molar-refractivity contribution in [3.05, 3.63) is 30.2 Å². The second kappa shape index (κ2) is 2.64. The molecule has 0 bridgehead atoms. The molecular formula is C8H5NO2S. The fraction of sp³-hybridized carbons (Fsp3) is 0. The standard InChI is InChI=1S/C8H5NO2S/c10-8(12)5-1-2-6-7(3-5)11-4-9-6/h1-4H,(H,10,12). The Hall–Kier alpha value is -1.29. The summed E-state index contributed by atoms with van der Waals surface area (Å²) in [7, 11) is 0. The molecule has 0 atom stereocenters. The molecule has 0 N–H and O–H groups in total. The van der Waals surface area contributed by atoms with Gasteiger partial charge >= 0.3 is 0 Å². The summed E-state index contributed by atoms with van der Waals surface area (Å²) in [5, 5.41) is -0.270. The number of carbonyl (C=O) groups is 1. The number of fused-ring (bicyclic) bond motifs is 1. The number of rotatable bonds is 1. The molecule has 60 valence electrons. The molecule has 2 aromatic rings. The third-order valence-electron chi connectivity index (χ3n) is 1.58. The van der Waals surface area contributed by atoms with Gasteiger partial charge < -0.3 is 4.42 Å². The zero-order valence-corrected chi connectivity index (χ0v) is 6.91. The smallest absolute Gasteiger partial charge is 0.216 e. The van der Waals surface area contributed by atoms with Gasteiger partial charge in [-0.15, -0.1) is 12.6 Å². The van der Waals surface area contributed by atoms with Gasteiger partial charge in [-0.2, -0.15) is 0 Å². The first kappa shape index (κ1) is 7.36. The van der Waals surface area contributed by atoms with Crippen molar-refractivity contribution in [2.24, 2.45) is 0 Å². The van der Waals surface area contributed by atoms with E-state index in [1.807, 2.05) is 0 Å². The highest BCUT2D eigenvalue weighted by Crippen LogP contribution is 2.15. The average molecular weight is 179 g/mol. The molecule has 0 spiro atoms. The van der Waals surface area contributed by atoms with E-state index in [9.17, 15) is 4.79 Å². The number of aromatic nitrogens is 1. The second-order valence-electron chi connectivity index (χ2n) is 2.34. The van der Waals surface area contributed by atoms with Gasteiger partial charge in [-0.1, -0.05) is 0 Å². The monoisotopic (exact) mass is 179 g/mol. The van der Waals surface area contributed by atoms with Gasteiger partial charge in [0.15, 0.2) is 12.0 Å². The summed E-state index contributed by atoms with van der Waals surface area (Å²) in [6.07, 6.45) is 1.34. The third kappa shape index (κ3) is 1.10. The Morgan fingerprint density at radius 2 is 2.33 bits per heavy atom. The highest BCUT2D eigenvalue weighted by molar-refractivity contribution is 7.97. The highest BCUT2D eigenvalue weighted by atomic mass is 32.1. The van der Waals surface area contributed by atoms with Crippen LogP contribution in [0, 0.1) is 0 Å². The van der Waals surface area contributed by atoms with E-state index in [4.69, 9.17) is 4.42 Å². The van der Waals surface area contributed by atoms with Crippen LogP contribution in [0.15, 0.2) is 29.0 Å². The van der Waals surface area contributed by atoms with E-state index >= 15 is 0 Å². The first-order valence-corrected chi connectivity index (χ1v) is 3.78. The van der Waals surface area contributed by atoms with Crippen molar-refractivity contribution < 1.29 is 9.21 Å². The Bertz CT molecular complexity index is 435. The second-order valence-corrected chi connectivity index (χ2v) is 2.75. The van der Waals surface area contributed by atoms with Gasteiger partial charge in [-0.25, -0.2) is 4.98 Å². The number of carbonyl (C=O) groups excluding carboxylic acids is 1. The minimum atomic E-state index is -0.270. The van der Waals surface area contributed by atoms with Crippen LogP contribution < -0.4 is 0 Å². The Morgan fingerprint density at radius 3 is 3.08 bits per heavy atom. The molecule has 0 saturated carbocycles. The molecule has 0 saturated heterocycles. The lowest BCUT2D eigenvalue weighted by Crippen LogP contribution is -1.86. The SMILES string of the molecule is O=C(S)c1ccc2ncoc2c1. The number of hydrogen-bond donors (Lipinski definition) is 1. The lowest BCUT2D eigenvalue weighted by molar-refractivity contribution is 0.109. The van der Waals surface area contributed by atoms with Crippen LogP contribution in [0.1, 0.15) is 10.4 Å². The average Bonchev–Trinajstić information content (AvgIpc) is 2.49. The van der Waals surface area contributed by atoms with Gasteiger partial charge in [0.2, 0.25) is 5.12 Å². The highest BCUT2D eigenvalue weighted by Gasteiger charge is 2.03. The summed E-state index contributed by atoms with van der Waals surface area (Å²) in [6.45, 7) is 0. The number of nitrogens with zero attached hydrogens (tertiary/aromatic N) is 1. The maximum Gasteiger partial charge on any atom is 0.216 e. The van der Waals surface area contributed by atoms with Crippen molar-refractivity contribution in [2.45, 2.75) is 0 Å². The lowest BCUT2D eigenvalue weighted by Gasteiger charge is -1.91. The van der Waals surface area contributed by atoms with Crippen molar-refractivity contribution in [1.29, 1.82) is 0 Å². The molecule has 0 aliphatic carbocycles. The van der Waals surface area contributed by atoms with Crippen LogP contribution in [-0.4, -0.2) is 10.1 Å². The van der Waals surface area contributed by atoms with E-state index in [0.717, 1.165) is 5.52 Å². The zero-order chi connectivity index (χ0) is 8.55. The normalized spacial score (nSPS) is 10.4. The lowest BCUT2D eigenvalue weighted by atomic mass is 10.2. The molecule has 4 heteroatoms. The van der Waals surface area contributed by atoms with Gasteiger partial charge in [0.25, 0.3) is 0 Å². The number of hydrogen-bond acceptors (Lipinski definition) is 3. The molecule has 1 aromatic heterocycles. The molecule has 0 aliphatic heterocycles. The quantitative estimate of drug-likeness (QED) is 0.680. The van der Waals surface area contributed by atoms with Crippen molar-refractivity contribution in [3.63, 3.8) is 0 Å². The van der Waals surface area contributed by atoms with Gasteiger partial charge in [0, 0.05) is 5.56 Å². The molecular weight excluding hydrogens is 174 g/mol. The maximum absolute atomic E-state index is 10.8. The topological polar surface area (TPSA) is 43.1 Å². The van der Waals surface area contributed by atoms with Gasteiger partial charge in [0.05, 0.1) is 0 Å². The van der Waals surface area contributed by atoms with E-state index in [-0.39, 0.29) is 5.12 Å². The summed E-state index contributed by atoms with van der Waals surface area (Å²) in [5.41, 5.74) is 1.87. The van der Waals surface area contributed by atoms with Gasteiger partial charge in [-0.3, -0.25) is 4.79 Å². The van der Waals surface area contributed by atoms with Crippen LogP contribution in [0.4, 0.5) is 0 Å². The van der Waals surface area contributed by atoms with Crippen LogP contribution in [0.3, 0.4) is 0 Å². The van der Waals surface area contributed by atoms with Crippen molar-refractivity contribution in [2.75, 3.05) is 0 Å². The summed E-state index contributed by atoms with van der Waals surface area (Å²) in [5.74, 6) is 0. The summed E-state index contributed by atoms with van der Waals surface area (Å²) in [4.78, 5) is 14.7. The van der Waals surface area contributed by atoms with Crippen LogP contribution >= 0.6 is 12.6 Å². The van der Waals surface area contributed by atoms with Crippen LogP contribution in [0.25, 0.3) is 11.1 Å². The Morgan fingerprint density at radius 1 is 1.50 bits per heavy atom. The molecule has 12 heavy (non-hydrogen) atoms. The van der Waals surface area contributed by atoms with Crippen molar-refractivity contribution >= 4 is 28.8 Å². The van der Waals surface area contributed by atoms with Crippen molar-refractivity contribution in [1.82, 2.24) is 4.98 Å². The Labute approximate surface area is 73.8 Å². The van der Waals surface area contributed by atoms with E-state index < -0.39 is 0 Å². The summed E-state index contributed by atoms with van der Waals surface area (Å²) >= 11 is 3.69. The molecule has 1 heterocycles. The van der Waals surface area contributed by atoms with E-state index in [1.54, 1.807) is 18.2 Å². The fourth-order valence-corrected chi connectivity index (χ4v) is 1.13. The number of thiol groups is 1. The molecule has 0 amide bonds. The largest absolute Gasteiger partial charge is 0.443 e. The van der Waals surface area contributed by atoms with Crippen LogP contribution in [-0.2, 0) is 0 Å². The van der Waals surface area contributed by atoms with Crippen LogP contribution in [0.2, 0.25) is 0 Å². The Kier molecular flexibility index (Phi) is 1.62. The number of oxazole rings is 1. The molecule has 0 unspecified atom stereocenters. The molecule has 1 aromatic carbocycles. The molecule has 0 radical (unpaired) electrons. The molecule has 2 rings (SSSR count). The number of benzene rings is 1. The summed E-state index contributed by atoms with van der Waals surface area (Å²) < 4.78 is 5.01. The van der Waals surface area contributed by atoms with Crippen molar-refractivity contribution in [3.8, 4) is 0 Å². The summed E-state index contributed by atoms with van der Waals surface area (Å²) in [6, 6.07) is 5.01. The Balaban J connectivity index is 2.68. The predicted molar refractivity (Wildman–Crippen MR) is 47.3 cm³/mol. The predicted octanol–water partition coefficient (Wildman–Crippen LogP) is 1.90. The maximum atomic E-state index is 10.8. The first-order valence-electron chi connectivity index (χ1n) is 3.34. The zero-order valence-electron chi connectivity index (χ0n) is 6.02. The van der Waals surface area contributed by atoms with E-state index in [0.29, 0.717) is 11.1 Å². The third-order valence-corrected chi connectivity index (χ3v) is 1.84. The van der Waals surface area contributed by atoms with E-state index in [1.165, 1.54) is 6.39 Å². The first-order chi connectivity index (χ1) is 5.77. The minimum Gasteiger partial charge on any atom is -0.443 e.